The first-order valence-corrected chi connectivity index (χ1v) is 10.4. The number of aryl methyl sites for hydroxylation is 1. The number of aromatic amines is 1. The standard InChI is InChI=1S/C19H18F3N3O3S/c1-11-7-13-8-12(10-23-19(13)24-11)9-16(26)17-14(21)3-4-15(18(17)22)25-29(27,28)6-2-5-20/h3-4,7-8,10,25H,2,5-6,9H2,1H3,(H,23,24). The summed E-state index contributed by atoms with van der Waals surface area (Å²) >= 11 is 0. The molecule has 0 aliphatic heterocycles. The molecule has 10 heteroatoms. The van der Waals surface area contributed by atoms with Crippen LogP contribution in [0, 0.1) is 18.6 Å². The molecule has 29 heavy (non-hydrogen) atoms. The van der Waals surface area contributed by atoms with E-state index in [1.807, 2.05) is 17.7 Å². The largest absolute Gasteiger partial charge is 0.344 e. The third-order valence-corrected chi connectivity index (χ3v) is 5.57. The molecule has 0 saturated carbocycles. The van der Waals surface area contributed by atoms with Crippen LogP contribution in [0.2, 0.25) is 0 Å². The fourth-order valence-corrected chi connectivity index (χ4v) is 4.00. The monoisotopic (exact) mass is 425 g/mol. The molecule has 3 rings (SSSR count). The summed E-state index contributed by atoms with van der Waals surface area (Å²) < 4.78 is 66.7. The van der Waals surface area contributed by atoms with Crippen molar-refractivity contribution in [1.29, 1.82) is 0 Å². The average Bonchev–Trinajstić information content (AvgIpc) is 3.02. The van der Waals surface area contributed by atoms with Crippen LogP contribution in [0.1, 0.15) is 28.0 Å². The van der Waals surface area contributed by atoms with Crippen LogP contribution in [-0.2, 0) is 16.4 Å². The maximum Gasteiger partial charge on any atom is 0.232 e. The van der Waals surface area contributed by atoms with Crippen molar-refractivity contribution >= 4 is 32.5 Å². The number of aromatic nitrogens is 2. The van der Waals surface area contributed by atoms with E-state index in [0.29, 0.717) is 11.2 Å². The molecule has 0 spiro atoms. The molecule has 3 aromatic rings. The highest BCUT2D eigenvalue weighted by atomic mass is 32.2. The first-order valence-electron chi connectivity index (χ1n) is 8.72. The van der Waals surface area contributed by atoms with Gasteiger partial charge in [0.05, 0.1) is 23.7 Å². The minimum Gasteiger partial charge on any atom is -0.344 e. The predicted octanol–water partition coefficient (Wildman–Crippen LogP) is 3.68. The molecule has 0 bridgehead atoms. The predicted molar refractivity (Wildman–Crippen MR) is 103 cm³/mol. The summed E-state index contributed by atoms with van der Waals surface area (Å²) in [5.41, 5.74) is 0.542. The van der Waals surface area contributed by atoms with E-state index in [9.17, 15) is 26.4 Å². The highest BCUT2D eigenvalue weighted by Gasteiger charge is 2.23. The summed E-state index contributed by atoms with van der Waals surface area (Å²) in [4.78, 5) is 19.7. The van der Waals surface area contributed by atoms with Crippen molar-refractivity contribution in [3.63, 3.8) is 0 Å². The Morgan fingerprint density at radius 1 is 1.24 bits per heavy atom. The van der Waals surface area contributed by atoms with Gasteiger partial charge in [0.1, 0.15) is 11.5 Å². The van der Waals surface area contributed by atoms with Gasteiger partial charge in [0, 0.05) is 23.7 Å². The summed E-state index contributed by atoms with van der Waals surface area (Å²) in [7, 11) is -4.03. The van der Waals surface area contributed by atoms with Crippen LogP contribution < -0.4 is 4.72 Å². The van der Waals surface area contributed by atoms with Crippen molar-refractivity contribution in [2.45, 2.75) is 19.8 Å². The number of rotatable bonds is 8. The minimum atomic E-state index is -4.03. The molecule has 2 heterocycles. The van der Waals surface area contributed by atoms with Crippen molar-refractivity contribution in [1.82, 2.24) is 9.97 Å². The zero-order valence-corrected chi connectivity index (χ0v) is 16.2. The minimum absolute atomic E-state index is 0.266. The second-order valence-corrected chi connectivity index (χ2v) is 8.42. The van der Waals surface area contributed by atoms with Gasteiger partial charge in [-0.3, -0.25) is 13.9 Å². The van der Waals surface area contributed by atoms with Crippen LogP contribution in [0.25, 0.3) is 11.0 Å². The zero-order valence-electron chi connectivity index (χ0n) is 15.4. The molecule has 0 aliphatic carbocycles. The molecule has 0 unspecified atom stereocenters. The van der Waals surface area contributed by atoms with E-state index in [-0.39, 0.29) is 12.8 Å². The molecule has 0 radical (unpaired) electrons. The Morgan fingerprint density at radius 2 is 2.00 bits per heavy atom. The summed E-state index contributed by atoms with van der Waals surface area (Å²) in [6, 6.07) is 5.19. The number of carbonyl (C=O) groups excluding carboxylic acids is 1. The molecule has 154 valence electrons. The zero-order chi connectivity index (χ0) is 21.2. The maximum absolute atomic E-state index is 14.7. The number of H-pyrrole nitrogens is 1. The second kappa shape index (κ2) is 8.24. The number of sulfonamides is 1. The van der Waals surface area contributed by atoms with E-state index in [4.69, 9.17) is 0 Å². The number of fused-ring (bicyclic) bond motifs is 1. The van der Waals surface area contributed by atoms with Crippen LogP contribution >= 0.6 is 0 Å². The van der Waals surface area contributed by atoms with Gasteiger partial charge in [-0.05, 0) is 43.2 Å². The number of nitrogens with zero attached hydrogens (tertiary/aromatic N) is 1. The number of alkyl halides is 1. The summed E-state index contributed by atoms with van der Waals surface area (Å²) in [5, 5.41) is 0.753. The van der Waals surface area contributed by atoms with Crippen molar-refractivity contribution < 1.29 is 26.4 Å². The number of halogens is 3. The number of carbonyl (C=O) groups is 1. The van der Waals surface area contributed by atoms with E-state index in [1.54, 1.807) is 6.07 Å². The molecule has 0 atom stereocenters. The average molecular weight is 425 g/mol. The SMILES string of the molecule is Cc1cc2cc(CC(=O)c3c(F)ccc(NS(=O)(=O)CCCF)c3F)cnc2[nH]1. The third-order valence-electron chi connectivity index (χ3n) is 4.21. The number of benzene rings is 1. The first-order chi connectivity index (χ1) is 13.7. The summed E-state index contributed by atoms with van der Waals surface area (Å²) in [6.45, 7) is 0.993. The normalized spacial score (nSPS) is 11.7. The molecule has 0 aliphatic rings. The van der Waals surface area contributed by atoms with Gasteiger partial charge in [-0.15, -0.1) is 0 Å². The van der Waals surface area contributed by atoms with Gasteiger partial charge in [-0.25, -0.2) is 22.2 Å². The number of hydrogen-bond donors (Lipinski definition) is 2. The van der Waals surface area contributed by atoms with Crippen molar-refractivity contribution in [2.24, 2.45) is 0 Å². The molecule has 2 N–H and O–H groups in total. The topological polar surface area (TPSA) is 91.9 Å². The Bertz CT molecular complexity index is 1180. The second-order valence-electron chi connectivity index (χ2n) is 6.58. The molecule has 0 saturated heterocycles. The molecule has 2 aromatic heterocycles. The van der Waals surface area contributed by atoms with Crippen LogP contribution in [0.5, 0.6) is 0 Å². The van der Waals surface area contributed by atoms with Crippen molar-refractivity contribution in [2.75, 3.05) is 17.1 Å². The van der Waals surface area contributed by atoms with E-state index < -0.39 is 51.1 Å². The Kier molecular flexibility index (Phi) is 5.92. The molecule has 1 aromatic carbocycles. The number of pyridine rings is 1. The van der Waals surface area contributed by atoms with Gasteiger partial charge in [-0.1, -0.05) is 0 Å². The van der Waals surface area contributed by atoms with Crippen LogP contribution in [0.4, 0.5) is 18.9 Å². The molecule has 6 nitrogen and oxygen atoms in total. The van der Waals surface area contributed by atoms with Gasteiger partial charge in [-0.2, -0.15) is 0 Å². The third kappa shape index (κ3) is 4.76. The van der Waals surface area contributed by atoms with Crippen LogP contribution in [0.15, 0.2) is 30.5 Å². The van der Waals surface area contributed by atoms with Crippen molar-refractivity contribution in [3.8, 4) is 0 Å². The Hall–Kier alpha value is -2.88. The molecular weight excluding hydrogens is 407 g/mol. The van der Waals surface area contributed by atoms with Gasteiger partial charge in [0.2, 0.25) is 10.0 Å². The van der Waals surface area contributed by atoms with Crippen LogP contribution in [0.3, 0.4) is 0 Å². The molecule has 0 fully saturated rings. The van der Waals surface area contributed by atoms with Crippen LogP contribution in [-0.4, -0.2) is 36.6 Å². The van der Waals surface area contributed by atoms with Crippen molar-refractivity contribution in [3.05, 3.63) is 58.9 Å². The molecular formula is C19H18F3N3O3S. The van der Waals surface area contributed by atoms with Gasteiger partial charge < -0.3 is 4.98 Å². The number of Topliss-reactive ketones (excluding diaryl/α,β-unsaturated/α-hetero) is 1. The van der Waals surface area contributed by atoms with E-state index in [1.165, 1.54) is 6.20 Å². The lowest BCUT2D eigenvalue weighted by Gasteiger charge is -2.11. The lowest BCUT2D eigenvalue weighted by Crippen LogP contribution is -2.19. The van der Waals surface area contributed by atoms with Gasteiger partial charge in [0.15, 0.2) is 11.6 Å². The summed E-state index contributed by atoms with van der Waals surface area (Å²) in [5.74, 6) is -3.85. The smallest absolute Gasteiger partial charge is 0.232 e. The highest BCUT2D eigenvalue weighted by molar-refractivity contribution is 7.92. The fraction of sp³-hybridized carbons (Fsp3) is 0.263. The Morgan fingerprint density at radius 3 is 2.72 bits per heavy atom. The summed E-state index contributed by atoms with van der Waals surface area (Å²) in [6.07, 6.45) is 0.840. The van der Waals surface area contributed by atoms with E-state index in [2.05, 4.69) is 9.97 Å². The highest BCUT2D eigenvalue weighted by Crippen LogP contribution is 2.24. The molecule has 0 amide bonds. The van der Waals surface area contributed by atoms with Gasteiger partial charge >= 0.3 is 0 Å². The van der Waals surface area contributed by atoms with E-state index >= 15 is 0 Å². The first kappa shape index (κ1) is 20.8. The number of nitrogens with one attached hydrogen (secondary N) is 2. The number of anilines is 1. The van der Waals surface area contributed by atoms with Gasteiger partial charge in [0.25, 0.3) is 0 Å². The Labute approximate surface area is 165 Å². The number of hydrogen-bond acceptors (Lipinski definition) is 4. The quantitative estimate of drug-likeness (QED) is 0.539. The fourth-order valence-electron chi connectivity index (χ4n) is 2.92. The maximum atomic E-state index is 14.7. The number of ketones is 1. The lowest BCUT2D eigenvalue weighted by atomic mass is 10.0. The lowest BCUT2D eigenvalue weighted by molar-refractivity contribution is 0.0985. The van der Waals surface area contributed by atoms with E-state index in [0.717, 1.165) is 23.2 Å². The Balaban J connectivity index is 1.87.